The second-order valence-corrected chi connectivity index (χ2v) is 6.43. The maximum Gasteiger partial charge on any atom is 0.221 e. The van der Waals surface area contributed by atoms with Crippen molar-refractivity contribution in [3.05, 3.63) is 47.5 Å². The van der Waals surface area contributed by atoms with E-state index in [4.69, 9.17) is 23.7 Å². The van der Waals surface area contributed by atoms with Crippen LogP contribution in [0.25, 0.3) is 0 Å². The first-order valence-corrected chi connectivity index (χ1v) is 9.68. The number of anilines is 1. The molecule has 0 unspecified atom stereocenters. The molecule has 7 heteroatoms. The summed E-state index contributed by atoms with van der Waals surface area (Å²) in [6.07, 6.45) is 0. The van der Waals surface area contributed by atoms with Crippen molar-refractivity contribution in [2.24, 2.45) is 0 Å². The highest BCUT2D eigenvalue weighted by Crippen LogP contribution is 2.34. The molecule has 1 aliphatic heterocycles. The minimum atomic E-state index is -0.201. The number of ether oxygens (including phenoxy) is 5. The molecule has 0 radical (unpaired) electrons. The molecule has 0 saturated carbocycles. The Labute approximate surface area is 176 Å². The zero-order valence-corrected chi connectivity index (χ0v) is 17.2. The number of carbonyl (C=O) groups excluding carboxylic acids is 1. The Kier molecular flexibility index (Phi) is 7.95. The van der Waals surface area contributed by atoms with E-state index in [0.29, 0.717) is 62.4 Å². The number of methoxy groups -OCH3 is 1. The molecule has 0 atom stereocenters. The van der Waals surface area contributed by atoms with Gasteiger partial charge in [0.1, 0.15) is 19.0 Å². The van der Waals surface area contributed by atoms with E-state index in [2.05, 4.69) is 17.2 Å². The fourth-order valence-electron chi connectivity index (χ4n) is 2.74. The van der Waals surface area contributed by atoms with Crippen molar-refractivity contribution in [3.8, 4) is 29.1 Å². The summed E-state index contributed by atoms with van der Waals surface area (Å²) in [5.74, 6) is 7.82. The van der Waals surface area contributed by atoms with E-state index in [1.807, 2.05) is 24.3 Å². The fourth-order valence-corrected chi connectivity index (χ4v) is 2.74. The van der Waals surface area contributed by atoms with Crippen LogP contribution in [0, 0.1) is 11.8 Å². The van der Waals surface area contributed by atoms with Gasteiger partial charge in [-0.25, -0.2) is 0 Å². The zero-order valence-electron chi connectivity index (χ0n) is 17.2. The van der Waals surface area contributed by atoms with Crippen molar-refractivity contribution in [1.82, 2.24) is 0 Å². The maximum atomic E-state index is 11.7. The van der Waals surface area contributed by atoms with Gasteiger partial charge in [-0.3, -0.25) is 4.79 Å². The lowest BCUT2D eigenvalue weighted by Gasteiger charge is -2.17. The predicted molar refractivity (Wildman–Crippen MR) is 112 cm³/mol. The molecule has 0 spiro atoms. The molecule has 2 aromatic carbocycles. The first kappa shape index (κ1) is 21.5. The summed E-state index contributed by atoms with van der Waals surface area (Å²) >= 11 is 0. The van der Waals surface area contributed by atoms with E-state index < -0.39 is 0 Å². The van der Waals surface area contributed by atoms with E-state index >= 15 is 0 Å². The minimum absolute atomic E-state index is 0.201. The van der Waals surface area contributed by atoms with Gasteiger partial charge in [-0.1, -0.05) is 11.8 Å². The van der Waals surface area contributed by atoms with Gasteiger partial charge in [-0.05, 0) is 24.3 Å². The Morgan fingerprint density at radius 2 is 1.50 bits per heavy atom. The van der Waals surface area contributed by atoms with Gasteiger partial charge in [-0.15, -0.1) is 0 Å². The van der Waals surface area contributed by atoms with Crippen LogP contribution in [0.2, 0.25) is 0 Å². The van der Waals surface area contributed by atoms with Crippen LogP contribution >= 0.6 is 0 Å². The summed E-state index contributed by atoms with van der Waals surface area (Å²) in [5, 5.41) is 2.81. The van der Waals surface area contributed by atoms with Gasteiger partial charge >= 0.3 is 0 Å². The lowest BCUT2D eigenvalue weighted by atomic mass is 10.1. The summed E-state index contributed by atoms with van der Waals surface area (Å²) in [5.41, 5.74) is 1.99. The molecule has 0 aromatic heterocycles. The number of hydrogen-bond donors (Lipinski definition) is 1. The molecular formula is C23H25NO6. The van der Waals surface area contributed by atoms with Crippen molar-refractivity contribution in [2.75, 3.05) is 52.1 Å². The molecule has 1 N–H and O–H groups in total. The smallest absolute Gasteiger partial charge is 0.221 e. The third-order valence-corrected chi connectivity index (χ3v) is 4.17. The zero-order chi connectivity index (χ0) is 21.2. The van der Waals surface area contributed by atoms with Crippen molar-refractivity contribution in [1.29, 1.82) is 0 Å². The molecule has 0 bridgehead atoms. The molecule has 0 aliphatic carbocycles. The molecule has 158 valence electrons. The minimum Gasteiger partial charge on any atom is -0.497 e. The summed E-state index contributed by atoms with van der Waals surface area (Å²) in [7, 11) is 1.62. The fraction of sp³-hybridized carbons (Fsp3) is 0.348. The number of benzene rings is 2. The Hall–Kier alpha value is -3.21. The quantitative estimate of drug-likeness (QED) is 0.766. The second-order valence-electron chi connectivity index (χ2n) is 6.43. The molecule has 30 heavy (non-hydrogen) atoms. The molecule has 1 aliphatic rings. The van der Waals surface area contributed by atoms with Gasteiger partial charge in [-0.2, -0.15) is 0 Å². The van der Waals surface area contributed by atoms with E-state index in [9.17, 15) is 4.79 Å². The summed E-state index contributed by atoms with van der Waals surface area (Å²) in [4.78, 5) is 11.7. The van der Waals surface area contributed by atoms with Crippen LogP contribution in [0.15, 0.2) is 36.4 Å². The van der Waals surface area contributed by atoms with Crippen LogP contribution < -0.4 is 19.5 Å². The summed E-state index contributed by atoms with van der Waals surface area (Å²) in [6.45, 7) is 4.04. The van der Waals surface area contributed by atoms with E-state index in [1.165, 1.54) is 6.92 Å². The van der Waals surface area contributed by atoms with Crippen LogP contribution in [-0.2, 0) is 14.3 Å². The van der Waals surface area contributed by atoms with E-state index in [-0.39, 0.29) is 5.91 Å². The molecule has 1 heterocycles. The van der Waals surface area contributed by atoms with Gasteiger partial charge in [0.2, 0.25) is 5.91 Å². The van der Waals surface area contributed by atoms with Crippen LogP contribution in [-0.4, -0.2) is 52.7 Å². The van der Waals surface area contributed by atoms with Crippen molar-refractivity contribution < 1.29 is 28.5 Å². The normalized spacial score (nSPS) is 14.3. The molecule has 0 saturated heterocycles. The molecular weight excluding hydrogens is 386 g/mol. The molecule has 1 amide bonds. The molecule has 0 fully saturated rings. The van der Waals surface area contributed by atoms with Gasteiger partial charge < -0.3 is 29.0 Å². The van der Waals surface area contributed by atoms with Crippen molar-refractivity contribution >= 4 is 11.6 Å². The third-order valence-electron chi connectivity index (χ3n) is 4.17. The van der Waals surface area contributed by atoms with Crippen LogP contribution in [0.1, 0.15) is 18.1 Å². The Morgan fingerprint density at radius 1 is 0.900 bits per heavy atom. The molecule has 2 aromatic rings. The topological polar surface area (TPSA) is 75.3 Å². The highest BCUT2D eigenvalue weighted by molar-refractivity contribution is 5.91. The highest BCUT2D eigenvalue weighted by Gasteiger charge is 2.13. The van der Waals surface area contributed by atoms with Gasteiger partial charge in [0, 0.05) is 24.6 Å². The standard InChI is InChI=1S/C23H25NO6/c1-17(25)24-21-16-23-22(29-13-11-27-9-10-28-12-14-30-23)15-19(21)6-3-18-4-7-20(26-2)8-5-18/h4-5,7-8,15-16H,9-14H2,1-2H3,(H,24,25). The average Bonchev–Trinajstić information content (AvgIpc) is 2.73. The Morgan fingerprint density at radius 3 is 2.10 bits per heavy atom. The van der Waals surface area contributed by atoms with Crippen molar-refractivity contribution in [3.63, 3.8) is 0 Å². The summed E-state index contributed by atoms with van der Waals surface area (Å²) in [6, 6.07) is 10.9. The number of hydrogen-bond acceptors (Lipinski definition) is 6. The largest absolute Gasteiger partial charge is 0.497 e. The average molecular weight is 411 g/mol. The number of nitrogens with one attached hydrogen (secondary N) is 1. The first-order valence-electron chi connectivity index (χ1n) is 9.68. The molecule has 7 nitrogen and oxygen atoms in total. The lowest BCUT2D eigenvalue weighted by Crippen LogP contribution is -2.16. The van der Waals surface area contributed by atoms with Gasteiger partial charge in [0.15, 0.2) is 11.5 Å². The first-order chi connectivity index (χ1) is 14.7. The van der Waals surface area contributed by atoms with Gasteiger partial charge in [0.05, 0.1) is 44.8 Å². The lowest BCUT2D eigenvalue weighted by molar-refractivity contribution is -0.114. The Balaban J connectivity index is 1.92. The van der Waals surface area contributed by atoms with Crippen LogP contribution in [0.3, 0.4) is 0 Å². The monoisotopic (exact) mass is 411 g/mol. The maximum absolute atomic E-state index is 11.7. The molecule has 3 rings (SSSR count). The van der Waals surface area contributed by atoms with Crippen molar-refractivity contribution in [2.45, 2.75) is 6.92 Å². The Bertz CT molecular complexity index is 914. The van der Waals surface area contributed by atoms with E-state index in [1.54, 1.807) is 19.2 Å². The van der Waals surface area contributed by atoms with Crippen LogP contribution in [0.4, 0.5) is 5.69 Å². The number of amides is 1. The summed E-state index contributed by atoms with van der Waals surface area (Å²) < 4.78 is 27.8. The second kappa shape index (κ2) is 11.1. The highest BCUT2D eigenvalue weighted by atomic mass is 16.6. The number of rotatable bonds is 2. The van der Waals surface area contributed by atoms with E-state index in [0.717, 1.165) is 11.3 Å². The van der Waals surface area contributed by atoms with Gasteiger partial charge in [0.25, 0.3) is 0 Å². The van der Waals surface area contributed by atoms with Crippen LogP contribution in [0.5, 0.6) is 17.2 Å². The third kappa shape index (κ3) is 6.41. The predicted octanol–water partition coefficient (Wildman–Crippen LogP) is 2.86. The SMILES string of the molecule is COc1ccc(C#Cc2cc3c(cc2NC(C)=O)OCCOCCOCCO3)cc1. The number of fused-ring (bicyclic) bond motifs is 1. The number of carbonyl (C=O) groups is 1.